The Morgan fingerprint density at radius 3 is 2.32 bits per heavy atom. The lowest BCUT2D eigenvalue weighted by molar-refractivity contribution is -0.386. The molecule has 10 heteroatoms. The number of nitro groups is 1. The molecule has 0 aliphatic carbocycles. The molecule has 0 aliphatic heterocycles. The Hall–Kier alpha value is -2.42. The van der Waals surface area contributed by atoms with Gasteiger partial charge in [0.2, 0.25) is 0 Å². The van der Waals surface area contributed by atoms with Gasteiger partial charge < -0.3 is 4.74 Å². The highest BCUT2D eigenvalue weighted by Crippen LogP contribution is 2.33. The van der Waals surface area contributed by atoms with Gasteiger partial charge in [-0.15, -0.1) is 0 Å². The molecule has 0 fully saturated rings. The minimum Gasteiger partial charge on any atom is -0.430 e. The molecule has 2 aromatic rings. The topological polar surface area (TPSA) is 91.0 Å². The molecule has 0 radical (unpaired) electrons. The van der Waals surface area contributed by atoms with Crippen LogP contribution in [0.15, 0.2) is 12.1 Å². The van der Waals surface area contributed by atoms with Crippen LogP contribution in [0.4, 0.5) is 14.5 Å². The van der Waals surface area contributed by atoms with Gasteiger partial charge >= 0.3 is 11.6 Å². The van der Waals surface area contributed by atoms with E-state index in [1.54, 1.807) is 0 Å². The number of alkyl halides is 2. The lowest BCUT2D eigenvalue weighted by Gasteiger charge is -2.11. The van der Waals surface area contributed by atoms with Gasteiger partial charge in [-0.05, 0) is 19.9 Å². The predicted octanol–water partition coefficient (Wildman–Crippen LogP) is 3.78. The molecular weight excluding hydrogens is 322 g/mol. The van der Waals surface area contributed by atoms with Gasteiger partial charge in [0, 0.05) is 6.07 Å². The average Bonchev–Trinajstić information content (AvgIpc) is 2.42. The minimum absolute atomic E-state index is 0.0129. The van der Waals surface area contributed by atoms with Gasteiger partial charge in [0.15, 0.2) is 11.6 Å². The monoisotopic (exact) mass is 330 g/mol. The van der Waals surface area contributed by atoms with Crippen molar-refractivity contribution in [3.63, 3.8) is 0 Å². The number of hydrogen-bond donors (Lipinski definition) is 0. The van der Waals surface area contributed by atoms with E-state index < -0.39 is 22.9 Å². The van der Waals surface area contributed by atoms with Crippen LogP contribution < -0.4 is 4.74 Å². The van der Waals surface area contributed by atoms with E-state index in [0.29, 0.717) is 0 Å². The van der Waals surface area contributed by atoms with Crippen LogP contribution in [0.3, 0.4) is 0 Å². The van der Waals surface area contributed by atoms with Gasteiger partial charge in [-0.1, -0.05) is 11.6 Å². The molecule has 0 saturated heterocycles. The van der Waals surface area contributed by atoms with E-state index in [2.05, 4.69) is 15.0 Å². The van der Waals surface area contributed by atoms with Crippen molar-refractivity contribution < 1.29 is 18.4 Å². The van der Waals surface area contributed by atoms with Gasteiger partial charge in [0.1, 0.15) is 5.15 Å². The third-order valence-corrected chi connectivity index (χ3v) is 2.83. The van der Waals surface area contributed by atoms with Crippen molar-refractivity contribution in [2.75, 3.05) is 0 Å². The molecule has 0 atom stereocenters. The molecule has 0 spiro atoms. The molecule has 0 bridgehead atoms. The van der Waals surface area contributed by atoms with Crippen LogP contribution in [0.1, 0.15) is 23.6 Å². The van der Waals surface area contributed by atoms with Crippen molar-refractivity contribution >= 4 is 17.3 Å². The molecular formula is C12H9ClF2N4O3. The molecule has 0 N–H and O–H groups in total. The highest BCUT2D eigenvalue weighted by molar-refractivity contribution is 6.29. The van der Waals surface area contributed by atoms with Crippen LogP contribution in [-0.2, 0) is 0 Å². The van der Waals surface area contributed by atoms with Crippen molar-refractivity contribution in [3.05, 3.63) is 44.6 Å². The van der Waals surface area contributed by atoms with Crippen LogP contribution in [0, 0.1) is 24.0 Å². The van der Waals surface area contributed by atoms with Crippen LogP contribution in [0.25, 0.3) is 0 Å². The SMILES string of the molecule is Cc1nc(C(F)F)nc(C)c1Oc1nc(Cl)ccc1[N+](=O)[O-]. The Balaban J connectivity index is 2.48. The molecule has 2 rings (SSSR count). The summed E-state index contributed by atoms with van der Waals surface area (Å²) in [5.74, 6) is -0.990. The summed E-state index contributed by atoms with van der Waals surface area (Å²) in [5, 5.41) is 10.9. The Morgan fingerprint density at radius 2 is 1.82 bits per heavy atom. The minimum atomic E-state index is -2.83. The van der Waals surface area contributed by atoms with E-state index >= 15 is 0 Å². The van der Waals surface area contributed by atoms with Gasteiger partial charge in [0.25, 0.3) is 6.43 Å². The second kappa shape index (κ2) is 6.14. The highest BCUT2D eigenvalue weighted by Gasteiger charge is 2.22. The summed E-state index contributed by atoms with van der Waals surface area (Å²) in [6, 6.07) is 2.37. The normalized spacial score (nSPS) is 10.8. The maximum Gasteiger partial charge on any atom is 0.331 e. The number of nitrogens with zero attached hydrogens (tertiary/aromatic N) is 4. The Bertz CT molecular complexity index is 719. The van der Waals surface area contributed by atoms with E-state index in [-0.39, 0.29) is 28.2 Å². The van der Waals surface area contributed by atoms with Crippen LogP contribution in [-0.4, -0.2) is 19.9 Å². The number of ether oxygens (including phenoxy) is 1. The molecule has 0 aromatic carbocycles. The van der Waals surface area contributed by atoms with E-state index in [1.807, 2.05) is 0 Å². The summed E-state index contributed by atoms with van der Waals surface area (Å²) < 4.78 is 30.6. The standard InChI is InChI=1S/C12H9ClF2N4O3/c1-5-9(6(2)17-11(16-5)10(14)15)22-12-7(19(20)21)3-4-8(13)18-12/h3-4,10H,1-2H3. The number of rotatable bonds is 4. The van der Waals surface area contributed by atoms with Gasteiger partial charge in [-0.2, -0.15) is 4.98 Å². The predicted molar refractivity (Wildman–Crippen MR) is 72.4 cm³/mol. The van der Waals surface area contributed by atoms with Gasteiger partial charge in [-0.25, -0.2) is 18.7 Å². The number of aromatic nitrogens is 3. The molecule has 22 heavy (non-hydrogen) atoms. The zero-order chi connectivity index (χ0) is 16.4. The molecule has 0 unspecified atom stereocenters. The van der Waals surface area contributed by atoms with E-state index in [1.165, 1.54) is 19.9 Å². The van der Waals surface area contributed by atoms with Crippen molar-refractivity contribution in [3.8, 4) is 11.6 Å². The molecule has 7 nitrogen and oxygen atoms in total. The first-order chi connectivity index (χ1) is 10.3. The smallest absolute Gasteiger partial charge is 0.331 e. The van der Waals surface area contributed by atoms with Crippen LogP contribution in [0.2, 0.25) is 5.15 Å². The molecule has 0 amide bonds. The van der Waals surface area contributed by atoms with Crippen molar-refractivity contribution in [1.29, 1.82) is 0 Å². The summed E-state index contributed by atoms with van der Waals surface area (Å²) in [4.78, 5) is 21.2. The summed E-state index contributed by atoms with van der Waals surface area (Å²) in [6.07, 6.45) is -2.83. The first-order valence-corrected chi connectivity index (χ1v) is 6.29. The molecule has 2 aromatic heterocycles. The third kappa shape index (κ3) is 3.25. The largest absolute Gasteiger partial charge is 0.430 e. The fourth-order valence-corrected chi connectivity index (χ4v) is 1.84. The Kier molecular flexibility index (Phi) is 4.45. The highest BCUT2D eigenvalue weighted by atomic mass is 35.5. The molecule has 2 heterocycles. The van der Waals surface area contributed by atoms with Crippen LogP contribution in [0.5, 0.6) is 11.6 Å². The second-order valence-electron chi connectivity index (χ2n) is 4.20. The lowest BCUT2D eigenvalue weighted by Crippen LogP contribution is -2.05. The van der Waals surface area contributed by atoms with Crippen LogP contribution >= 0.6 is 11.6 Å². The zero-order valence-electron chi connectivity index (χ0n) is 11.4. The van der Waals surface area contributed by atoms with E-state index in [9.17, 15) is 18.9 Å². The lowest BCUT2D eigenvalue weighted by atomic mass is 10.3. The Morgan fingerprint density at radius 1 is 1.23 bits per heavy atom. The van der Waals surface area contributed by atoms with E-state index in [0.717, 1.165) is 6.07 Å². The Labute approximate surface area is 128 Å². The van der Waals surface area contributed by atoms with Gasteiger partial charge in [0.05, 0.1) is 16.3 Å². The maximum absolute atomic E-state index is 12.6. The van der Waals surface area contributed by atoms with Gasteiger partial charge in [-0.3, -0.25) is 10.1 Å². The summed E-state index contributed by atoms with van der Waals surface area (Å²) >= 11 is 5.69. The zero-order valence-corrected chi connectivity index (χ0v) is 12.1. The quantitative estimate of drug-likeness (QED) is 0.481. The summed E-state index contributed by atoms with van der Waals surface area (Å²) in [5.41, 5.74) is -0.195. The third-order valence-electron chi connectivity index (χ3n) is 2.62. The fourth-order valence-electron chi connectivity index (χ4n) is 1.70. The number of hydrogen-bond acceptors (Lipinski definition) is 6. The first-order valence-electron chi connectivity index (χ1n) is 5.91. The number of halogens is 3. The fraction of sp³-hybridized carbons (Fsp3) is 0.250. The average molecular weight is 331 g/mol. The molecule has 116 valence electrons. The number of aryl methyl sites for hydroxylation is 2. The maximum atomic E-state index is 12.6. The van der Waals surface area contributed by atoms with Crippen molar-refractivity contribution in [2.45, 2.75) is 20.3 Å². The van der Waals surface area contributed by atoms with Crippen molar-refractivity contribution in [1.82, 2.24) is 15.0 Å². The molecule has 0 saturated carbocycles. The summed E-state index contributed by atoms with van der Waals surface area (Å²) in [7, 11) is 0. The van der Waals surface area contributed by atoms with E-state index in [4.69, 9.17) is 16.3 Å². The van der Waals surface area contributed by atoms with Crippen molar-refractivity contribution in [2.24, 2.45) is 0 Å². The summed E-state index contributed by atoms with van der Waals surface area (Å²) in [6.45, 7) is 2.85. The molecule has 0 aliphatic rings. The second-order valence-corrected chi connectivity index (χ2v) is 4.59. The number of pyridine rings is 1. The first kappa shape index (κ1) is 16.0.